The van der Waals surface area contributed by atoms with Crippen LogP contribution in [0, 0.1) is 10.1 Å². The first-order valence-electron chi connectivity index (χ1n) is 4.78. The average molecular weight is 255 g/mol. The van der Waals surface area contributed by atoms with Gasteiger partial charge in [0, 0.05) is 17.6 Å². The lowest BCUT2D eigenvalue weighted by molar-refractivity contribution is -0.385. The van der Waals surface area contributed by atoms with Crippen LogP contribution in [0.5, 0.6) is 0 Å². The van der Waals surface area contributed by atoms with E-state index < -0.39 is 10.8 Å². The lowest BCUT2D eigenvalue weighted by Gasteiger charge is -2.05. The first-order valence-corrected chi connectivity index (χ1v) is 5.16. The Labute approximate surface area is 103 Å². The lowest BCUT2D eigenvalue weighted by atomic mass is 10.1. The molecule has 17 heavy (non-hydrogen) atoms. The molecule has 1 N–H and O–H groups in total. The second-order valence-corrected chi connectivity index (χ2v) is 3.99. The van der Waals surface area contributed by atoms with Crippen LogP contribution >= 0.6 is 11.6 Å². The minimum absolute atomic E-state index is 0.0521. The predicted octanol–water partition coefficient (Wildman–Crippen LogP) is 2.55. The van der Waals surface area contributed by atoms with E-state index in [1.165, 1.54) is 18.2 Å². The zero-order chi connectivity index (χ0) is 13.0. The number of amides is 1. The number of rotatable bonds is 4. The second-order valence-electron chi connectivity index (χ2n) is 3.56. The quantitative estimate of drug-likeness (QED) is 0.510. The topological polar surface area (TPSA) is 72.2 Å². The van der Waals surface area contributed by atoms with Gasteiger partial charge in [0.15, 0.2) is 0 Å². The van der Waals surface area contributed by atoms with Crippen LogP contribution in [0.1, 0.15) is 17.3 Å². The van der Waals surface area contributed by atoms with Crippen molar-refractivity contribution in [1.82, 2.24) is 5.32 Å². The third-order valence-electron chi connectivity index (χ3n) is 1.95. The SMILES string of the molecule is C=C(C)CNC(=O)c1cc(Cl)ccc1[N+](=O)[O-]. The van der Waals surface area contributed by atoms with Gasteiger partial charge in [-0.15, -0.1) is 0 Å². The smallest absolute Gasteiger partial charge is 0.282 e. The van der Waals surface area contributed by atoms with Gasteiger partial charge in [-0.2, -0.15) is 0 Å². The summed E-state index contributed by atoms with van der Waals surface area (Å²) in [7, 11) is 0. The Morgan fingerprint density at radius 2 is 2.24 bits per heavy atom. The Kier molecular flexibility index (Phi) is 4.23. The maximum absolute atomic E-state index is 11.7. The van der Waals surface area contributed by atoms with E-state index in [1.54, 1.807) is 6.92 Å². The summed E-state index contributed by atoms with van der Waals surface area (Å²) in [5.41, 5.74) is 0.431. The van der Waals surface area contributed by atoms with Crippen molar-refractivity contribution in [3.05, 3.63) is 51.1 Å². The molecule has 0 aliphatic rings. The van der Waals surface area contributed by atoms with E-state index in [0.717, 1.165) is 5.57 Å². The van der Waals surface area contributed by atoms with E-state index in [4.69, 9.17) is 11.6 Å². The van der Waals surface area contributed by atoms with E-state index in [1.807, 2.05) is 0 Å². The van der Waals surface area contributed by atoms with Gasteiger partial charge >= 0.3 is 0 Å². The van der Waals surface area contributed by atoms with E-state index in [9.17, 15) is 14.9 Å². The van der Waals surface area contributed by atoms with Crippen molar-refractivity contribution in [2.75, 3.05) is 6.54 Å². The van der Waals surface area contributed by atoms with Gasteiger partial charge in [-0.1, -0.05) is 23.8 Å². The molecule has 0 radical (unpaired) electrons. The Balaban J connectivity index is 3.02. The van der Waals surface area contributed by atoms with Crippen molar-refractivity contribution in [2.24, 2.45) is 0 Å². The molecule has 0 aliphatic carbocycles. The minimum Gasteiger partial charge on any atom is -0.348 e. The second kappa shape index (κ2) is 5.45. The summed E-state index contributed by atoms with van der Waals surface area (Å²) >= 11 is 5.71. The van der Waals surface area contributed by atoms with Crippen molar-refractivity contribution in [3.63, 3.8) is 0 Å². The molecule has 0 aromatic heterocycles. The fourth-order valence-corrected chi connectivity index (χ4v) is 1.35. The maximum atomic E-state index is 11.7. The van der Waals surface area contributed by atoms with Gasteiger partial charge in [0.1, 0.15) is 5.56 Å². The molecule has 0 saturated carbocycles. The summed E-state index contributed by atoms with van der Waals surface area (Å²) in [6.45, 7) is 5.63. The normalized spacial score (nSPS) is 9.76. The molecule has 0 spiro atoms. The van der Waals surface area contributed by atoms with Gasteiger partial charge in [-0.05, 0) is 19.1 Å². The van der Waals surface area contributed by atoms with Crippen molar-refractivity contribution in [1.29, 1.82) is 0 Å². The predicted molar refractivity (Wildman–Crippen MR) is 65.3 cm³/mol. The van der Waals surface area contributed by atoms with Gasteiger partial charge in [0.2, 0.25) is 0 Å². The van der Waals surface area contributed by atoms with Crippen molar-refractivity contribution < 1.29 is 9.72 Å². The molecule has 0 unspecified atom stereocenters. The van der Waals surface area contributed by atoms with Gasteiger partial charge in [-0.3, -0.25) is 14.9 Å². The highest BCUT2D eigenvalue weighted by atomic mass is 35.5. The van der Waals surface area contributed by atoms with Crippen molar-refractivity contribution in [3.8, 4) is 0 Å². The average Bonchev–Trinajstić information content (AvgIpc) is 2.25. The number of nitro benzene ring substituents is 1. The zero-order valence-electron chi connectivity index (χ0n) is 9.20. The molecule has 1 aromatic carbocycles. The van der Waals surface area contributed by atoms with Crippen LogP contribution < -0.4 is 5.32 Å². The van der Waals surface area contributed by atoms with E-state index in [2.05, 4.69) is 11.9 Å². The van der Waals surface area contributed by atoms with Crippen LogP contribution in [0.15, 0.2) is 30.4 Å². The van der Waals surface area contributed by atoms with Crippen LogP contribution in [-0.2, 0) is 0 Å². The molecule has 0 fully saturated rings. The molecule has 1 aromatic rings. The van der Waals surface area contributed by atoms with Crippen LogP contribution in [0.3, 0.4) is 0 Å². The molecule has 0 heterocycles. The molecule has 0 atom stereocenters. The standard InChI is InChI=1S/C11H11ClN2O3/c1-7(2)6-13-11(15)9-5-8(12)3-4-10(9)14(16)17/h3-5H,1,6H2,2H3,(H,13,15). The molecule has 5 nitrogen and oxygen atoms in total. The van der Waals surface area contributed by atoms with Gasteiger partial charge < -0.3 is 5.32 Å². The summed E-state index contributed by atoms with van der Waals surface area (Å²) in [6, 6.07) is 3.85. The molecule has 0 bridgehead atoms. The fraction of sp³-hybridized carbons (Fsp3) is 0.182. The van der Waals surface area contributed by atoms with Gasteiger partial charge in [-0.25, -0.2) is 0 Å². The van der Waals surface area contributed by atoms with Crippen molar-refractivity contribution in [2.45, 2.75) is 6.92 Å². The largest absolute Gasteiger partial charge is 0.348 e. The van der Waals surface area contributed by atoms with Crippen LogP contribution in [0.4, 0.5) is 5.69 Å². The Hall–Kier alpha value is -1.88. The number of nitro groups is 1. The molecule has 1 rings (SSSR count). The molecule has 0 aliphatic heterocycles. The van der Waals surface area contributed by atoms with Crippen LogP contribution in [0.2, 0.25) is 5.02 Å². The van der Waals surface area contributed by atoms with Gasteiger partial charge in [0.25, 0.3) is 11.6 Å². The number of benzene rings is 1. The Morgan fingerprint density at radius 1 is 1.59 bits per heavy atom. The number of carbonyl (C=O) groups excluding carboxylic acids is 1. The third kappa shape index (κ3) is 3.57. The highest BCUT2D eigenvalue weighted by Gasteiger charge is 2.19. The third-order valence-corrected chi connectivity index (χ3v) is 2.19. The summed E-state index contributed by atoms with van der Waals surface area (Å²) in [5.74, 6) is -0.540. The summed E-state index contributed by atoms with van der Waals surface area (Å²) in [5, 5.41) is 13.5. The minimum atomic E-state index is -0.619. The Morgan fingerprint density at radius 3 is 2.76 bits per heavy atom. The highest BCUT2D eigenvalue weighted by Crippen LogP contribution is 2.22. The Bertz CT molecular complexity index is 486. The monoisotopic (exact) mass is 254 g/mol. The first kappa shape index (κ1) is 13.2. The summed E-state index contributed by atoms with van der Waals surface area (Å²) in [6.07, 6.45) is 0. The van der Waals surface area contributed by atoms with E-state index in [-0.39, 0.29) is 22.8 Å². The summed E-state index contributed by atoms with van der Waals surface area (Å²) < 4.78 is 0. The number of nitrogens with one attached hydrogen (secondary N) is 1. The fourth-order valence-electron chi connectivity index (χ4n) is 1.18. The number of hydrogen-bond acceptors (Lipinski definition) is 3. The van der Waals surface area contributed by atoms with E-state index in [0.29, 0.717) is 0 Å². The number of halogens is 1. The van der Waals surface area contributed by atoms with E-state index >= 15 is 0 Å². The number of carbonyl (C=O) groups is 1. The highest BCUT2D eigenvalue weighted by molar-refractivity contribution is 6.31. The van der Waals surface area contributed by atoms with Crippen molar-refractivity contribution >= 4 is 23.2 Å². The molecule has 0 saturated heterocycles. The zero-order valence-corrected chi connectivity index (χ0v) is 9.95. The first-order chi connectivity index (χ1) is 7.91. The molecular weight excluding hydrogens is 244 g/mol. The molecule has 90 valence electrons. The summed E-state index contributed by atoms with van der Waals surface area (Å²) in [4.78, 5) is 21.8. The van der Waals surface area contributed by atoms with Gasteiger partial charge in [0.05, 0.1) is 4.92 Å². The lowest BCUT2D eigenvalue weighted by Crippen LogP contribution is -2.25. The molecular formula is C11H11ClN2O3. The van der Waals surface area contributed by atoms with Crippen LogP contribution in [0.25, 0.3) is 0 Å². The number of nitrogens with zero attached hydrogens (tertiary/aromatic N) is 1. The maximum Gasteiger partial charge on any atom is 0.282 e. The number of hydrogen-bond donors (Lipinski definition) is 1. The van der Waals surface area contributed by atoms with Crippen LogP contribution in [-0.4, -0.2) is 17.4 Å². The molecule has 1 amide bonds. The molecule has 6 heteroatoms.